The summed E-state index contributed by atoms with van der Waals surface area (Å²) in [4.78, 5) is 13.8. The van der Waals surface area contributed by atoms with Crippen molar-refractivity contribution in [1.29, 1.82) is 0 Å². The Balaban J connectivity index is 2.71. The first-order chi connectivity index (χ1) is 7.50. The quantitative estimate of drug-likeness (QED) is 0.631. The molecule has 2 rings (SSSR count). The third kappa shape index (κ3) is 1.86. The number of halogens is 3. The summed E-state index contributed by atoms with van der Waals surface area (Å²) in [5.74, 6) is -0.0888. The minimum Gasteiger partial charge on any atom is -0.424 e. The maximum Gasteiger partial charge on any atom is 0.308 e. The molecule has 0 unspecified atom stereocenters. The van der Waals surface area contributed by atoms with Crippen molar-refractivity contribution in [1.82, 2.24) is 4.98 Å². The molecule has 2 aromatic rings. The van der Waals surface area contributed by atoms with Crippen LogP contribution >= 0.6 is 34.8 Å². The highest BCUT2D eigenvalue weighted by atomic mass is 35.5. The van der Waals surface area contributed by atoms with Crippen molar-refractivity contribution in [2.45, 2.75) is 6.92 Å². The van der Waals surface area contributed by atoms with E-state index in [1.165, 1.54) is 13.1 Å². The molecular formula is C10H6Cl3NO2. The zero-order valence-corrected chi connectivity index (χ0v) is 10.4. The lowest BCUT2D eigenvalue weighted by molar-refractivity contribution is -0.131. The van der Waals surface area contributed by atoms with E-state index in [1.807, 2.05) is 0 Å². The van der Waals surface area contributed by atoms with Gasteiger partial charge in [-0.1, -0.05) is 34.8 Å². The fourth-order valence-corrected chi connectivity index (χ4v) is 2.10. The second-order valence-corrected chi connectivity index (χ2v) is 4.32. The highest BCUT2D eigenvalue weighted by Crippen LogP contribution is 2.40. The molecule has 0 aliphatic carbocycles. The zero-order valence-electron chi connectivity index (χ0n) is 8.11. The first kappa shape index (κ1) is 11.6. The Hall–Kier alpha value is -0.900. The summed E-state index contributed by atoms with van der Waals surface area (Å²) in [5, 5.41) is 1.40. The predicted octanol–water partition coefficient (Wildman–Crippen LogP) is 4.05. The average Bonchev–Trinajstić information content (AvgIpc) is 2.57. The molecule has 0 aliphatic rings. The van der Waals surface area contributed by atoms with E-state index < -0.39 is 5.97 Å². The van der Waals surface area contributed by atoms with Gasteiger partial charge in [0.05, 0.1) is 26.0 Å². The molecule has 0 atom stereocenters. The largest absolute Gasteiger partial charge is 0.424 e. The highest BCUT2D eigenvalue weighted by Gasteiger charge is 2.15. The van der Waals surface area contributed by atoms with Crippen LogP contribution in [0.5, 0.6) is 5.75 Å². The number of hydrogen-bond acceptors (Lipinski definition) is 2. The number of rotatable bonds is 1. The van der Waals surface area contributed by atoms with Gasteiger partial charge >= 0.3 is 5.97 Å². The van der Waals surface area contributed by atoms with Gasteiger partial charge in [0.1, 0.15) is 0 Å². The van der Waals surface area contributed by atoms with E-state index in [0.29, 0.717) is 21.7 Å². The molecule has 1 N–H and O–H groups in total. The van der Waals surface area contributed by atoms with Gasteiger partial charge in [-0.05, 0) is 6.07 Å². The van der Waals surface area contributed by atoms with Crippen LogP contribution in [0.4, 0.5) is 0 Å². The third-order valence-corrected chi connectivity index (χ3v) is 3.28. The van der Waals surface area contributed by atoms with Gasteiger partial charge in [0.25, 0.3) is 0 Å². The van der Waals surface area contributed by atoms with E-state index in [-0.39, 0.29) is 10.0 Å². The predicted molar refractivity (Wildman–Crippen MR) is 64.6 cm³/mol. The van der Waals surface area contributed by atoms with Crippen LogP contribution in [0.1, 0.15) is 6.92 Å². The lowest BCUT2D eigenvalue weighted by Gasteiger charge is -2.03. The van der Waals surface area contributed by atoms with Crippen LogP contribution in [-0.2, 0) is 4.79 Å². The molecule has 0 saturated heterocycles. The number of fused-ring (bicyclic) bond motifs is 1. The molecule has 0 bridgehead atoms. The van der Waals surface area contributed by atoms with Crippen LogP contribution in [0.15, 0.2) is 12.3 Å². The number of nitrogens with one attached hydrogen (secondary N) is 1. The number of esters is 1. The van der Waals surface area contributed by atoms with Crippen molar-refractivity contribution in [3.8, 4) is 5.75 Å². The zero-order chi connectivity index (χ0) is 11.9. The van der Waals surface area contributed by atoms with Crippen molar-refractivity contribution in [2.24, 2.45) is 0 Å². The van der Waals surface area contributed by atoms with E-state index in [4.69, 9.17) is 39.5 Å². The van der Waals surface area contributed by atoms with Gasteiger partial charge in [0, 0.05) is 13.1 Å². The Morgan fingerprint density at radius 1 is 1.31 bits per heavy atom. The summed E-state index contributed by atoms with van der Waals surface area (Å²) in [6.45, 7) is 1.31. The molecule has 0 amide bonds. The van der Waals surface area contributed by atoms with Crippen molar-refractivity contribution < 1.29 is 9.53 Å². The van der Waals surface area contributed by atoms with Gasteiger partial charge in [-0.25, -0.2) is 0 Å². The van der Waals surface area contributed by atoms with Crippen LogP contribution in [-0.4, -0.2) is 11.0 Å². The van der Waals surface area contributed by atoms with E-state index in [1.54, 1.807) is 6.07 Å². The Kier molecular flexibility index (Phi) is 3.02. The summed E-state index contributed by atoms with van der Waals surface area (Å²) in [6.07, 6.45) is 1.53. The maximum absolute atomic E-state index is 10.9. The number of aromatic amines is 1. The summed E-state index contributed by atoms with van der Waals surface area (Å²) in [7, 11) is 0. The number of carbonyl (C=O) groups excluding carboxylic acids is 1. The maximum atomic E-state index is 10.9. The molecule has 0 aliphatic heterocycles. The minimum absolute atomic E-state index is 0.240. The van der Waals surface area contributed by atoms with Gasteiger partial charge in [0.15, 0.2) is 5.75 Å². The highest BCUT2D eigenvalue weighted by molar-refractivity contribution is 6.50. The molecule has 0 fully saturated rings. The van der Waals surface area contributed by atoms with E-state index in [9.17, 15) is 4.79 Å². The van der Waals surface area contributed by atoms with Crippen LogP contribution in [0.2, 0.25) is 15.1 Å². The Morgan fingerprint density at radius 2 is 2.00 bits per heavy atom. The standard InChI is InChI=1S/C10H6Cl3NO2/c1-4(15)16-7-3-14-6-2-5(11)9(12)10(13)8(6)7/h2-3,14H,1H3. The fraction of sp³-hybridized carbons (Fsp3) is 0.100. The molecule has 0 saturated carbocycles. The van der Waals surface area contributed by atoms with Crippen molar-refractivity contribution in [2.75, 3.05) is 0 Å². The fourth-order valence-electron chi connectivity index (χ4n) is 1.40. The second kappa shape index (κ2) is 4.17. The molecule has 3 nitrogen and oxygen atoms in total. The van der Waals surface area contributed by atoms with Crippen molar-refractivity contribution >= 4 is 51.7 Å². The molecule has 0 radical (unpaired) electrons. The summed E-state index contributed by atoms with van der Waals surface area (Å²) < 4.78 is 4.99. The molecule has 6 heteroatoms. The van der Waals surface area contributed by atoms with Crippen molar-refractivity contribution in [3.05, 3.63) is 27.3 Å². The number of H-pyrrole nitrogens is 1. The van der Waals surface area contributed by atoms with E-state index in [2.05, 4.69) is 4.98 Å². The molecule has 1 heterocycles. The Bertz CT molecular complexity index is 577. The SMILES string of the molecule is CC(=O)Oc1c[nH]c2cc(Cl)c(Cl)c(Cl)c12. The minimum atomic E-state index is -0.428. The third-order valence-electron chi connectivity index (χ3n) is 2.02. The molecule has 16 heavy (non-hydrogen) atoms. The van der Waals surface area contributed by atoms with Gasteiger partial charge in [0.2, 0.25) is 0 Å². The number of hydrogen-bond donors (Lipinski definition) is 1. The van der Waals surface area contributed by atoms with Gasteiger partial charge in [-0.15, -0.1) is 0 Å². The van der Waals surface area contributed by atoms with Crippen LogP contribution in [0.25, 0.3) is 10.9 Å². The first-order valence-electron chi connectivity index (χ1n) is 4.33. The smallest absolute Gasteiger partial charge is 0.308 e. The lowest BCUT2D eigenvalue weighted by Crippen LogP contribution is -2.00. The lowest BCUT2D eigenvalue weighted by atomic mass is 10.2. The second-order valence-electron chi connectivity index (χ2n) is 3.16. The number of ether oxygens (including phenoxy) is 1. The summed E-state index contributed by atoms with van der Waals surface area (Å²) in [5.41, 5.74) is 0.663. The number of aromatic nitrogens is 1. The monoisotopic (exact) mass is 277 g/mol. The van der Waals surface area contributed by atoms with E-state index >= 15 is 0 Å². The molecule has 0 spiro atoms. The average molecular weight is 279 g/mol. The van der Waals surface area contributed by atoms with Gasteiger partial charge in [-0.2, -0.15) is 0 Å². The molecule has 1 aromatic heterocycles. The summed E-state index contributed by atoms with van der Waals surface area (Å²) >= 11 is 17.8. The topological polar surface area (TPSA) is 42.1 Å². The van der Waals surface area contributed by atoms with Gasteiger partial charge < -0.3 is 9.72 Å². The number of carbonyl (C=O) groups is 1. The molecule has 84 valence electrons. The normalized spacial score (nSPS) is 10.8. The van der Waals surface area contributed by atoms with Crippen LogP contribution in [0, 0.1) is 0 Å². The van der Waals surface area contributed by atoms with E-state index in [0.717, 1.165) is 0 Å². The van der Waals surface area contributed by atoms with Crippen LogP contribution in [0.3, 0.4) is 0 Å². The summed E-state index contributed by atoms with van der Waals surface area (Å²) in [6, 6.07) is 1.62. The van der Waals surface area contributed by atoms with Crippen LogP contribution < -0.4 is 4.74 Å². The van der Waals surface area contributed by atoms with Gasteiger partial charge in [-0.3, -0.25) is 4.79 Å². The Labute approximate surface area is 106 Å². The van der Waals surface area contributed by atoms with Crippen molar-refractivity contribution in [3.63, 3.8) is 0 Å². The first-order valence-corrected chi connectivity index (χ1v) is 5.47. The Morgan fingerprint density at radius 3 is 2.62 bits per heavy atom. The number of benzene rings is 1. The molecule has 1 aromatic carbocycles. The molecular weight excluding hydrogens is 272 g/mol.